The van der Waals surface area contributed by atoms with E-state index < -0.39 is 5.97 Å². The van der Waals surface area contributed by atoms with Crippen LogP contribution in [0, 0.1) is 0 Å². The average molecular weight is 232 g/mol. The first-order valence-electron chi connectivity index (χ1n) is 4.17. The summed E-state index contributed by atoms with van der Waals surface area (Å²) in [5.41, 5.74) is 0.111. The summed E-state index contributed by atoms with van der Waals surface area (Å²) in [6.45, 7) is 2.04. The highest BCUT2D eigenvalue weighted by Crippen LogP contribution is 2.28. The van der Waals surface area contributed by atoms with E-state index in [1.54, 1.807) is 0 Å². The standard InChI is InChI=1S/C9H10ClNO2S/c1-2-5-14-8-7(10)6(9(12)13)3-4-11-8/h3-4H,2,5H2,1H3,(H,12,13). The third kappa shape index (κ3) is 2.62. The van der Waals surface area contributed by atoms with Crippen molar-refractivity contribution in [1.82, 2.24) is 4.98 Å². The predicted octanol–water partition coefficient (Wildman–Crippen LogP) is 2.94. The molecule has 1 aromatic rings. The van der Waals surface area contributed by atoms with Crippen molar-refractivity contribution in [3.63, 3.8) is 0 Å². The fourth-order valence-electron chi connectivity index (χ4n) is 0.889. The van der Waals surface area contributed by atoms with Gasteiger partial charge in [0.25, 0.3) is 0 Å². The molecule has 0 amide bonds. The Morgan fingerprint density at radius 3 is 3.00 bits per heavy atom. The number of aromatic nitrogens is 1. The van der Waals surface area contributed by atoms with Crippen LogP contribution < -0.4 is 0 Å². The first-order chi connectivity index (χ1) is 6.66. The molecule has 1 aromatic heterocycles. The zero-order chi connectivity index (χ0) is 10.6. The summed E-state index contributed by atoms with van der Waals surface area (Å²) in [7, 11) is 0. The summed E-state index contributed by atoms with van der Waals surface area (Å²) in [5.74, 6) is -0.133. The van der Waals surface area contributed by atoms with Crippen LogP contribution in [0.4, 0.5) is 0 Å². The van der Waals surface area contributed by atoms with E-state index in [-0.39, 0.29) is 10.6 Å². The number of halogens is 1. The first kappa shape index (κ1) is 11.3. The molecule has 1 heterocycles. The molecule has 0 fully saturated rings. The molecule has 0 saturated heterocycles. The lowest BCUT2D eigenvalue weighted by atomic mass is 10.3. The number of pyridine rings is 1. The second-order valence-electron chi connectivity index (χ2n) is 2.63. The second kappa shape index (κ2) is 5.22. The monoisotopic (exact) mass is 231 g/mol. The van der Waals surface area contributed by atoms with Crippen molar-refractivity contribution in [3.05, 3.63) is 22.8 Å². The number of rotatable bonds is 4. The van der Waals surface area contributed by atoms with E-state index in [4.69, 9.17) is 16.7 Å². The largest absolute Gasteiger partial charge is 0.478 e. The maximum Gasteiger partial charge on any atom is 0.337 e. The van der Waals surface area contributed by atoms with Gasteiger partial charge in [0.2, 0.25) is 0 Å². The molecule has 0 radical (unpaired) electrons. The molecule has 5 heteroatoms. The molecule has 0 saturated carbocycles. The van der Waals surface area contributed by atoms with Crippen LogP contribution in [0.5, 0.6) is 0 Å². The van der Waals surface area contributed by atoms with Gasteiger partial charge in [0.05, 0.1) is 10.6 Å². The number of carbonyl (C=O) groups is 1. The number of aromatic carboxylic acids is 1. The van der Waals surface area contributed by atoms with Crippen molar-refractivity contribution < 1.29 is 9.90 Å². The highest BCUT2D eigenvalue weighted by molar-refractivity contribution is 7.99. The lowest BCUT2D eigenvalue weighted by Crippen LogP contribution is -1.99. The topological polar surface area (TPSA) is 50.2 Å². The van der Waals surface area contributed by atoms with Gasteiger partial charge in [0.15, 0.2) is 0 Å². The predicted molar refractivity (Wildman–Crippen MR) is 57.2 cm³/mol. The lowest BCUT2D eigenvalue weighted by molar-refractivity contribution is 0.0696. The first-order valence-corrected chi connectivity index (χ1v) is 5.53. The van der Waals surface area contributed by atoms with E-state index in [1.165, 1.54) is 24.0 Å². The smallest absolute Gasteiger partial charge is 0.337 e. The van der Waals surface area contributed by atoms with Crippen molar-refractivity contribution in [2.45, 2.75) is 18.4 Å². The van der Waals surface area contributed by atoms with Crippen LogP contribution in [-0.4, -0.2) is 21.8 Å². The molecule has 0 unspecified atom stereocenters. The zero-order valence-electron chi connectivity index (χ0n) is 7.66. The van der Waals surface area contributed by atoms with E-state index >= 15 is 0 Å². The molecule has 0 atom stereocenters. The van der Waals surface area contributed by atoms with Gasteiger partial charge in [-0.15, -0.1) is 11.8 Å². The van der Waals surface area contributed by atoms with E-state index in [0.29, 0.717) is 5.03 Å². The average Bonchev–Trinajstić information content (AvgIpc) is 2.16. The van der Waals surface area contributed by atoms with Crippen LogP contribution in [0.2, 0.25) is 5.02 Å². The third-order valence-corrected chi connectivity index (χ3v) is 3.22. The molecule has 76 valence electrons. The van der Waals surface area contributed by atoms with Crippen LogP contribution in [-0.2, 0) is 0 Å². The van der Waals surface area contributed by atoms with Gasteiger partial charge in [-0.05, 0) is 18.2 Å². The Kier molecular flexibility index (Phi) is 4.22. The zero-order valence-corrected chi connectivity index (χ0v) is 9.23. The minimum absolute atomic E-state index is 0.111. The van der Waals surface area contributed by atoms with E-state index in [0.717, 1.165) is 12.2 Å². The lowest BCUT2D eigenvalue weighted by Gasteiger charge is -2.03. The van der Waals surface area contributed by atoms with Gasteiger partial charge in [-0.1, -0.05) is 18.5 Å². The summed E-state index contributed by atoms with van der Waals surface area (Å²) < 4.78 is 0. The van der Waals surface area contributed by atoms with Crippen molar-refractivity contribution in [3.8, 4) is 0 Å². The van der Waals surface area contributed by atoms with Gasteiger partial charge in [0.1, 0.15) is 5.03 Å². The highest BCUT2D eigenvalue weighted by Gasteiger charge is 2.12. The fraction of sp³-hybridized carbons (Fsp3) is 0.333. The van der Waals surface area contributed by atoms with E-state index in [2.05, 4.69) is 4.98 Å². The maximum absolute atomic E-state index is 10.7. The van der Waals surface area contributed by atoms with E-state index in [9.17, 15) is 4.79 Å². The number of nitrogens with zero attached hydrogens (tertiary/aromatic N) is 1. The van der Waals surface area contributed by atoms with Crippen LogP contribution in [0.15, 0.2) is 17.3 Å². The van der Waals surface area contributed by atoms with Crippen LogP contribution in [0.1, 0.15) is 23.7 Å². The minimum Gasteiger partial charge on any atom is -0.478 e. The molecule has 0 bridgehead atoms. The number of hydrogen-bond donors (Lipinski definition) is 1. The van der Waals surface area contributed by atoms with Crippen LogP contribution >= 0.6 is 23.4 Å². The van der Waals surface area contributed by atoms with Crippen molar-refractivity contribution in [2.24, 2.45) is 0 Å². The Morgan fingerprint density at radius 2 is 2.43 bits per heavy atom. The molecule has 1 N–H and O–H groups in total. The Labute approximate surface area is 91.5 Å². The van der Waals surface area contributed by atoms with Gasteiger partial charge in [0, 0.05) is 6.20 Å². The molecule has 3 nitrogen and oxygen atoms in total. The Hall–Kier alpha value is -0.740. The summed E-state index contributed by atoms with van der Waals surface area (Å²) in [4.78, 5) is 14.8. The molecular weight excluding hydrogens is 222 g/mol. The Morgan fingerprint density at radius 1 is 1.71 bits per heavy atom. The molecule has 0 aliphatic rings. The summed E-state index contributed by atoms with van der Waals surface area (Å²) >= 11 is 7.35. The number of carboxylic acid groups (broad SMARTS) is 1. The Bertz CT molecular complexity index is 344. The van der Waals surface area contributed by atoms with Crippen molar-refractivity contribution >= 4 is 29.3 Å². The number of thioether (sulfide) groups is 1. The number of carboxylic acids is 1. The van der Waals surface area contributed by atoms with Crippen molar-refractivity contribution in [2.75, 3.05) is 5.75 Å². The normalized spacial score (nSPS) is 10.1. The van der Waals surface area contributed by atoms with Crippen LogP contribution in [0.25, 0.3) is 0 Å². The highest BCUT2D eigenvalue weighted by atomic mass is 35.5. The molecule has 0 aliphatic carbocycles. The number of hydrogen-bond acceptors (Lipinski definition) is 3. The molecular formula is C9H10ClNO2S. The third-order valence-electron chi connectivity index (χ3n) is 1.53. The molecule has 0 aliphatic heterocycles. The van der Waals surface area contributed by atoms with Gasteiger partial charge in [-0.25, -0.2) is 9.78 Å². The summed E-state index contributed by atoms with van der Waals surface area (Å²) in [5, 5.41) is 9.62. The minimum atomic E-state index is -1.02. The van der Waals surface area contributed by atoms with Crippen molar-refractivity contribution in [1.29, 1.82) is 0 Å². The summed E-state index contributed by atoms with van der Waals surface area (Å²) in [6, 6.07) is 1.40. The van der Waals surface area contributed by atoms with Gasteiger partial charge in [-0.3, -0.25) is 0 Å². The van der Waals surface area contributed by atoms with Gasteiger partial charge >= 0.3 is 5.97 Å². The molecule has 0 aromatic carbocycles. The quantitative estimate of drug-likeness (QED) is 0.810. The van der Waals surface area contributed by atoms with E-state index in [1.807, 2.05) is 6.92 Å². The molecule has 1 rings (SSSR count). The SMILES string of the molecule is CCCSc1nccc(C(=O)O)c1Cl. The van der Waals surface area contributed by atoms with Crippen LogP contribution in [0.3, 0.4) is 0 Å². The summed E-state index contributed by atoms with van der Waals surface area (Å²) in [6.07, 6.45) is 2.47. The fourth-order valence-corrected chi connectivity index (χ4v) is 2.01. The maximum atomic E-state index is 10.7. The van der Waals surface area contributed by atoms with Gasteiger partial charge in [-0.2, -0.15) is 0 Å². The van der Waals surface area contributed by atoms with Gasteiger partial charge < -0.3 is 5.11 Å². The molecule has 14 heavy (non-hydrogen) atoms. The molecule has 0 spiro atoms. The second-order valence-corrected chi connectivity index (χ2v) is 4.09. The Balaban J connectivity index is 2.95.